The van der Waals surface area contributed by atoms with Gasteiger partial charge >= 0.3 is 5.76 Å². The molecule has 2 rings (SSSR count). The Morgan fingerprint density at radius 1 is 1.00 bits per heavy atom. The average Bonchev–Trinajstić information content (AvgIpc) is 2.55. The summed E-state index contributed by atoms with van der Waals surface area (Å²) in [4.78, 5) is 11.6. The lowest BCUT2D eigenvalue weighted by Crippen LogP contribution is -2.26. The third-order valence-corrected chi connectivity index (χ3v) is 4.80. The molecule has 4 nitrogen and oxygen atoms in total. The molecule has 0 aromatic heterocycles. The summed E-state index contributed by atoms with van der Waals surface area (Å²) >= 11 is 0. The van der Waals surface area contributed by atoms with Crippen molar-refractivity contribution in [1.29, 1.82) is 0 Å². The molecule has 128 valence electrons. The zero-order valence-corrected chi connectivity index (χ0v) is 13.4. The molecule has 0 aliphatic rings. The van der Waals surface area contributed by atoms with Crippen LogP contribution in [0.15, 0.2) is 53.4 Å². The first-order chi connectivity index (χ1) is 11.2. The van der Waals surface area contributed by atoms with Crippen LogP contribution in [-0.4, -0.2) is 20.1 Å². The SMILES string of the molecule is C[C@H](NC(=O)c1ccc(S(=O)(=O)C(F)F)cc1)c1ccc(F)cc1. The van der Waals surface area contributed by atoms with E-state index in [2.05, 4.69) is 5.32 Å². The molecule has 2 aromatic rings. The largest absolute Gasteiger partial charge is 0.346 e. The molecule has 0 radical (unpaired) electrons. The minimum absolute atomic E-state index is 0.122. The van der Waals surface area contributed by atoms with Crippen LogP contribution in [-0.2, 0) is 9.84 Å². The summed E-state index contributed by atoms with van der Waals surface area (Å²) in [5, 5.41) is 2.65. The molecule has 0 fully saturated rings. The second-order valence-corrected chi connectivity index (χ2v) is 6.99. The van der Waals surface area contributed by atoms with Crippen molar-refractivity contribution < 1.29 is 26.4 Å². The Hall–Kier alpha value is -2.35. The van der Waals surface area contributed by atoms with E-state index in [-0.39, 0.29) is 5.56 Å². The van der Waals surface area contributed by atoms with E-state index < -0.39 is 38.3 Å². The maximum Gasteiger partial charge on any atom is 0.341 e. The number of amides is 1. The number of hydrogen-bond acceptors (Lipinski definition) is 3. The molecule has 1 atom stereocenters. The minimum atomic E-state index is -4.69. The molecule has 0 unspecified atom stereocenters. The van der Waals surface area contributed by atoms with E-state index in [0.29, 0.717) is 5.56 Å². The van der Waals surface area contributed by atoms with Gasteiger partial charge in [0.15, 0.2) is 0 Å². The smallest absolute Gasteiger partial charge is 0.341 e. The molecule has 1 N–H and O–H groups in total. The predicted molar refractivity (Wildman–Crippen MR) is 81.9 cm³/mol. The van der Waals surface area contributed by atoms with Gasteiger partial charge in [-0.1, -0.05) is 12.1 Å². The topological polar surface area (TPSA) is 63.2 Å². The number of nitrogens with one attached hydrogen (secondary N) is 1. The number of sulfone groups is 1. The van der Waals surface area contributed by atoms with E-state index in [1.54, 1.807) is 6.92 Å². The zero-order chi connectivity index (χ0) is 17.9. The van der Waals surface area contributed by atoms with E-state index in [9.17, 15) is 26.4 Å². The monoisotopic (exact) mass is 357 g/mol. The fourth-order valence-corrected chi connectivity index (χ4v) is 2.73. The van der Waals surface area contributed by atoms with Gasteiger partial charge in [-0.2, -0.15) is 8.78 Å². The van der Waals surface area contributed by atoms with Crippen molar-refractivity contribution in [2.75, 3.05) is 0 Å². The van der Waals surface area contributed by atoms with E-state index in [1.165, 1.54) is 24.3 Å². The van der Waals surface area contributed by atoms with Crippen LogP contribution in [0.4, 0.5) is 13.2 Å². The summed E-state index contributed by atoms with van der Waals surface area (Å²) in [6.45, 7) is 1.70. The first kappa shape index (κ1) is 18.0. The van der Waals surface area contributed by atoms with E-state index in [0.717, 1.165) is 24.3 Å². The van der Waals surface area contributed by atoms with Crippen molar-refractivity contribution in [3.8, 4) is 0 Å². The molecule has 8 heteroatoms. The standard InChI is InChI=1S/C16H14F3NO3S/c1-10(11-2-6-13(17)7-3-11)20-15(21)12-4-8-14(9-5-12)24(22,23)16(18)19/h2-10,16H,1H3,(H,20,21)/t10-/m0/s1. The Morgan fingerprint density at radius 3 is 2.04 bits per heavy atom. The van der Waals surface area contributed by atoms with Gasteiger partial charge in [0, 0.05) is 5.56 Å². The predicted octanol–water partition coefficient (Wildman–Crippen LogP) is 3.31. The zero-order valence-electron chi connectivity index (χ0n) is 12.5. The van der Waals surface area contributed by atoms with Crippen molar-refractivity contribution in [3.05, 3.63) is 65.5 Å². The summed E-state index contributed by atoms with van der Waals surface area (Å²) in [7, 11) is -4.69. The fraction of sp³-hybridized carbons (Fsp3) is 0.188. The molecule has 0 saturated carbocycles. The van der Waals surface area contributed by atoms with E-state index >= 15 is 0 Å². The van der Waals surface area contributed by atoms with Gasteiger partial charge in [-0.3, -0.25) is 4.79 Å². The summed E-state index contributed by atoms with van der Waals surface area (Å²) in [6, 6.07) is 9.39. The van der Waals surface area contributed by atoms with Crippen LogP contribution in [0, 0.1) is 5.82 Å². The normalized spacial score (nSPS) is 12.9. The number of carbonyl (C=O) groups excluding carboxylic acids is 1. The van der Waals surface area contributed by atoms with Gasteiger partial charge < -0.3 is 5.32 Å². The molecule has 0 aliphatic heterocycles. The highest BCUT2D eigenvalue weighted by molar-refractivity contribution is 7.91. The lowest BCUT2D eigenvalue weighted by atomic mass is 10.1. The number of benzene rings is 2. The van der Waals surface area contributed by atoms with Crippen molar-refractivity contribution >= 4 is 15.7 Å². The van der Waals surface area contributed by atoms with Gasteiger partial charge in [-0.05, 0) is 48.9 Å². The number of rotatable bonds is 5. The Kier molecular flexibility index (Phi) is 5.28. The summed E-state index contributed by atoms with van der Waals surface area (Å²) in [5.74, 6) is -4.42. The Bertz CT molecular complexity index is 819. The molecule has 0 saturated heterocycles. The van der Waals surface area contributed by atoms with Crippen molar-refractivity contribution in [2.45, 2.75) is 23.6 Å². The Morgan fingerprint density at radius 2 is 1.54 bits per heavy atom. The molecule has 0 aliphatic carbocycles. The molecule has 0 spiro atoms. The summed E-state index contributed by atoms with van der Waals surface area (Å²) < 4.78 is 60.4. The van der Waals surface area contributed by atoms with Crippen molar-refractivity contribution in [2.24, 2.45) is 0 Å². The lowest BCUT2D eigenvalue weighted by molar-refractivity contribution is 0.0940. The van der Waals surface area contributed by atoms with Gasteiger partial charge in [0.1, 0.15) is 5.82 Å². The summed E-state index contributed by atoms with van der Waals surface area (Å²) in [6.07, 6.45) is 0. The maximum atomic E-state index is 12.9. The molecular formula is C16H14F3NO3S. The van der Waals surface area contributed by atoms with E-state index in [4.69, 9.17) is 0 Å². The Balaban J connectivity index is 2.11. The third-order valence-electron chi connectivity index (χ3n) is 3.40. The highest BCUT2D eigenvalue weighted by Crippen LogP contribution is 2.19. The van der Waals surface area contributed by atoms with Crippen LogP contribution in [0.1, 0.15) is 28.9 Å². The maximum absolute atomic E-state index is 12.9. The van der Waals surface area contributed by atoms with Crippen molar-refractivity contribution in [3.63, 3.8) is 0 Å². The number of carbonyl (C=O) groups is 1. The van der Waals surface area contributed by atoms with Crippen LogP contribution in [0.25, 0.3) is 0 Å². The number of halogens is 3. The quantitative estimate of drug-likeness (QED) is 0.893. The lowest BCUT2D eigenvalue weighted by Gasteiger charge is -2.14. The van der Waals surface area contributed by atoms with E-state index in [1.807, 2.05) is 0 Å². The Labute approximate surface area is 137 Å². The number of alkyl halides is 2. The van der Waals surface area contributed by atoms with Gasteiger partial charge in [-0.15, -0.1) is 0 Å². The molecule has 0 bridgehead atoms. The highest BCUT2D eigenvalue weighted by Gasteiger charge is 2.26. The number of hydrogen-bond donors (Lipinski definition) is 1. The van der Waals surface area contributed by atoms with Gasteiger partial charge in [0.2, 0.25) is 9.84 Å². The second kappa shape index (κ2) is 7.04. The van der Waals surface area contributed by atoms with Gasteiger partial charge in [0.25, 0.3) is 5.91 Å². The summed E-state index contributed by atoms with van der Waals surface area (Å²) in [5.41, 5.74) is 0.804. The average molecular weight is 357 g/mol. The first-order valence-corrected chi connectivity index (χ1v) is 8.45. The molecule has 1 amide bonds. The molecule has 2 aromatic carbocycles. The van der Waals surface area contributed by atoms with Crippen LogP contribution >= 0.6 is 0 Å². The minimum Gasteiger partial charge on any atom is -0.346 e. The van der Waals surface area contributed by atoms with Gasteiger partial charge in [0.05, 0.1) is 10.9 Å². The highest BCUT2D eigenvalue weighted by atomic mass is 32.2. The second-order valence-electron chi connectivity index (χ2n) is 5.08. The fourth-order valence-electron chi connectivity index (χ4n) is 2.01. The van der Waals surface area contributed by atoms with Crippen molar-refractivity contribution in [1.82, 2.24) is 5.32 Å². The van der Waals surface area contributed by atoms with Crippen LogP contribution in [0.3, 0.4) is 0 Å². The van der Waals surface area contributed by atoms with Crippen LogP contribution < -0.4 is 5.32 Å². The first-order valence-electron chi connectivity index (χ1n) is 6.90. The molecular weight excluding hydrogens is 343 g/mol. The van der Waals surface area contributed by atoms with Crippen LogP contribution in [0.5, 0.6) is 0 Å². The molecule has 0 heterocycles. The van der Waals surface area contributed by atoms with Gasteiger partial charge in [-0.25, -0.2) is 12.8 Å². The molecule has 24 heavy (non-hydrogen) atoms. The van der Waals surface area contributed by atoms with Crippen LogP contribution in [0.2, 0.25) is 0 Å². The third kappa shape index (κ3) is 3.94.